The number of nitrogens with one attached hydrogen (secondary N) is 4. The number of rotatable bonds is 4. The zero-order valence-electron chi connectivity index (χ0n) is 23.6. The number of guanidine groups is 1. The van der Waals surface area contributed by atoms with E-state index in [0.29, 0.717) is 62.1 Å². The molecule has 222 valence electrons. The molecule has 0 saturated heterocycles. The first kappa shape index (κ1) is 29.3. The largest absolute Gasteiger partial charge is 0.370 e. The molecule has 1 aromatic rings. The summed E-state index contributed by atoms with van der Waals surface area (Å²) < 4.78 is 14.7. The Morgan fingerprint density at radius 1 is 1.26 bits per heavy atom. The van der Waals surface area contributed by atoms with E-state index in [-0.39, 0.29) is 40.1 Å². The number of nitrogens with two attached hydrogens (primary N) is 2. The number of hydrazine groups is 2. The van der Waals surface area contributed by atoms with Gasteiger partial charge in [0.15, 0.2) is 11.8 Å². The Morgan fingerprint density at radius 3 is 2.86 bits per heavy atom. The molecule has 2 unspecified atom stereocenters. The number of benzene rings is 1. The molecule has 5 rings (SSSR count). The minimum Gasteiger partial charge on any atom is -0.370 e. The Hall–Kier alpha value is -4.16. The van der Waals surface area contributed by atoms with Crippen LogP contribution in [-0.4, -0.2) is 41.1 Å². The second-order valence-electron chi connectivity index (χ2n) is 10.7. The predicted octanol–water partition coefficient (Wildman–Crippen LogP) is 3.72. The molecule has 2 atom stereocenters. The summed E-state index contributed by atoms with van der Waals surface area (Å²) in [5, 5.41) is 7.82. The highest BCUT2D eigenvalue weighted by Gasteiger charge is 2.32. The summed E-state index contributed by atoms with van der Waals surface area (Å²) in [6.45, 7) is 4.13. The zero-order chi connectivity index (χ0) is 30.0. The van der Waals surface area contributed by atoms with Crippen molar-refractivity contribution in [2.45, 2.75) is 58.4 Å². The number of aliphatic imine (C=N–C) groups is 2. The topological polar surface area (TPSA) is 162 Å². The molecule has 13 heteroatoms. The standard InChI is InChI=1S/C29H35ClFN9O2/c1-15-5-3-7-21(36-28(42)26-16(2)40(39-38-26)24-8-4-6-20(30)25(24)31)23-13-17(11-12-34-23)19-10-9-18(35-29(32)33)14-22(19)37-27(15)41/h8-10,13-15,21,38-39H,3-7,11-12H2,1-2H3,(H,36,42)(H,37,41)(H4,32,33,35). The maximum atomic E-state index is 14.7. The van der Waals surface area contributed by atoms with Gasteiger partial charge >= 0.3 is 0 Å². The molecule has 3 heterocycles. The highest BCUT2D eigenvalue weighted by atomic mass is 35.5. The lowest BCUT2D eigenvalue weighted by molar-refractivity contribution is -0.120. The first-order valence-electron chi connectivity index (χ1n) is 14.0. The van der Waals surface area contributed by atoms with Gasteiger partial charge < -0.3 is 22.1 Å². The molecule has 1 aromatic carbocycles. The SMILES string of the molecule is CC1=C(C(=O)NC2CCCC(C)C(=O)Nc3cc(N=C(N)N)ccc3C3=CC2=NCC3)NNN1C1=CCCC(Cl)=C1F. The molecule has 0 aromatic heterocycles. The van der Waals surface area contributed by atoms with Gasteiger partial charge in [-0.1, -0.05) is 37.1 Å². The first-order chi connectivity index (χ1) is 20.1. The van der Waals surface area contributed by atoms with Crippen LogP contribution in [0.3, 0.4) is 0 Å². The Balaban J connectivity index is 1.44. The van der Waals surface area contributed by atoms with Crippen LogP contribution in [0, 0.1) is 5.92 Å². The van der Waals surface area contributed by atoms with Crippen LogP contribution in [-0.2, 0) is 9.59 Å². The van der Waals surface area contributed by atoms with E-state index in [0.717, 1.165) is 16.8 Å². The number of allylic oxidation sites excluding steroid dienone is 4. The minimum absolute atomic E-state index is 0.0750. The molecule has 0 spiro atoms. The summed E-state index contributed by atoms with van der Waals surface area (Å²) in [5.41, 5.74) is 21.6. The molecule has 2 amide bonds. The Kier molecular flexibility index (Phi) is 8.64. The van der Waals surface area contributed by atoms with E-state index >= 15 is 0 Å². The summed E-state index contributed by atoms with van der Waals surface area (Å²) in [5.74, 6) is -1.33. The lowest BCUT2D eigenvalue weighted by Crippen LogP contribution is -2.44. The Morgan fingerprint density at radius 2 is 2.07 bits per heavy atom. The smallest absolute Gasteiger partial charge is 0.271 e. The van der Waals surface area contributed by atoms with Crippen LogP contribution < -0.4 is 33.1 Å². The van der Waals surface area contributed by atoms with Crippen LogP contribution in [0.15, 0.2) is 68.3 Å². The third-order valence-electron chi connectivity index (χ3n) is 7.73. The summed E-state index contributed by atoms with van der Waals surface area (Å²) in [6, 6.07) is 5.03. The quantitative estimate of drug-likeness (QED) is 0.228. The number of fused-ring (bicyclic) bond motifs is 3. The van der Waals surface area contributed by atoms with Gasteiger partial charge in [0.05, 0.1) is 39.6 Å². The third-order valence-corrected chi connectivity index (χ3v) is 8.08. The van der Waals surface area contributed by atoms with Crippen molar-refractivity contribution in [1.82, 2.24) is 21.3 Å². The highest BCUT2D eigenvalue weighted by Crippen LogP contribution is 2.35. The summed E-state index contributed by atoms with van der Waals surface area (Å²) in [4.78, 5) is 35.5. The van der Waals surface area contributed by atoms with Gasteiger partial charge in [-0.05, 0) is 62.8 Å². The summed E-state index contributed by atoms with van der Waals surface area (Å²) in [6.07, 6.45) is 7.30. The molecule has 2 bridgehead atoms. The Labute approximate surface area is 248 Å². The van der Waals surface area contributed by atoms with Gasteiger partial charge in [0, 0.05) is 18.0 Å². The van der Waals surface area contributed by atoms with Gasteiger partial charge in [-0.25, -0.2) is 9.38 Å². The van der Waals surface area contributed by atoms with Gasteiger partial charge in [0.2, 0.25) is 5.91 Å². The molecule has 3 aliphatic heterocycles. The number of carbonyl (C=O) groups excluding carboxylic acids is 2. The van der Waals surface area contributed by atoms with Crippen LogP contribution in [0.5, 0.6) is 0 Å². The monoisotopic (exact) mass is 595 g/mol. The van der Waals surface area contributed by atoms with E-state index in [9.17, 15) is 14.0 Å². The van der Waals surface area contributed by atoms with Crippen molar-refractivity contribution in [3.63, 3.8) is 0 Å². The van der Waals surface area contributed by atoms with Gasteiger partial charge in [0.1, 0.15) is 5.70 Å². The highest BCUT2D eigenvalue weighted by molar-refractivity contribution is 6.30. The number of carbonyl (C=O) groups is 2. The molecule has 0 radical (unpaired) electrons. The van der Waals surface area contributed by atoms with Crippen molar-refractivity contribution in [1.29, 1.82) is 0 Å². The normalized spacial score (nSPS) is 22.9. The molecule has 8 N–H and O–H groups in total. The second-order valence-corrected chi connectivity index (χ2v) is 11.2. The van der Waals surface area contributed by atoms with Gasteiger partial charge in [-0.2, -0.15) is 0 Å². The lowest BCUT2D eigenvalue weighted by atomic mass is 9.91. The van der Waals surface area contributed by atoms with Crippen molar-refractivity contribution in [3.8, 4) is 0 Å². The number of amides is 2. The van der Waals surface area contributed by atoms with E-state index in [2.05, 4.69) is 26.6 Å². The van der Waals surface area contributed by atoms with E-state index in [1.54, 1.807) is 25.1 Å². The fraction of sp³-hybridized carbons (Fsp3) is 0.379. The molecule has 1 aliphatic carbocycles. The van der Waals surface area contributed by atoms with Crippen molar-refractivity contribution >= 4 is 52.0 Å². The second kappa shape index (κ2) is 12.4. The molecule has 0 fully saturated rings. The maximum absolute atomic E-state index is 14.7. The predicted molar refractivity (Wildman–Crippen MR) is 162 cm³/mol. The van der Waals surface area contributed by atoms with E-state index in [4.69, 9.17) is 28.1 Å². The average molecular weight is 596 g/mol. The molecule has 11 nitrogen and oxygen atoms in total. The maximum Gasteiger partial charge on any atom is 0.271 e. The molecular weight excluding hydrogens is 561 g/mol. The number of anilines is 1. The van der Waals surface area contributed by atoms with Crippen molar-refractivity contribution < 1.29 is 14.0 Å². The van der Waals surface area contributed by atoms with Crippen LogP contribution in [0.4, 0.5) is 15.8 Å². The van der Waals surface area contributed by atoms with E-state index in [1.165, 1.54) is 5.01 Å². The fourth-order valence-corrected chi connectivity index (χ4v) is 5.63. The van der Waals surface area contributed by atoms with Crippen molar-refractivity contribution in [2.24, 2.45) is 27.4 Å². The number of nitrogens with zero attached hydrogens (tertiary/aromatic N) is 3. The number of dihydropyridines is 1. The van der Waals surface area contributed by atoms with E-state index < -0.39 is 11.9 Å². The van der Waals surface area contributed by atoms with Crippen molar-refractivity contribution in [3.05, 3.63) is 63.9 Å². The average Bonchev–Trinajstić information content (AvgIpc) is 3.34. The van der Waals surface area contributed by atoms with E-state index in [1.807, 2.05) is 19.1 Å². The molecule has 0 saturated carbocycles. The van der Waals surface area contributed by atoms with Crippen LogP contribution >= 0.6 is 11.6 Å². The number of halogens is 2. The van der Waals surface area contributed by atoms with Crippen LogP contribution in [0.25, 0.3) is 5.57 Å². The zero-order valence-corrected chi connectivity index (χ0v) is 24.3. The van der Waals surface area contributed by atoms with Gasteiger partial charge in [-0.15, -0.1) is 5.53 Å². The van der Waals surface area contributed by atoms with Crippen molar-refractivity contribution in [2.75, 3.05) is 11.9 Å². The number of hydrogen-bond acceptors (Lipinski definition) is 7. The van der Waals surface area contributed by atoms with Crippen LogP contribution in [0.1, 0.15) is 57.9 Å². The lowest BCUT2D eigenvalue weighted by Gasteiger charge is -2.25. The fourth-order valence-electron chi connectivity index (χ4n) is 5.42. The molecular formula is C29H35ClFN9O2. The van der Waals surface area contributed by atoms with Crippen LogP contribution in [0.2, 0.25) is 0 Å². The van der Waals surface area contributed by atoms with Gasteiger partial charge in [-0.3, -0.25) is 25.0 Å². The minimum atomic E-state index is -0.518. The molecule has 4 aliphatic rings. The summed E-state index contributed by atoms with van der Waals surface area (Å²) in [7, 11) is 0. The third kappa shape index (κ3) is 6.19. The first-order valence-corrected chi connectivity index (χ1v) is 14.4. The molecule has 42 heavy (non-hydrogen) atoms. The van der Waals surface area contributed by atoms with Gasteiger partial charge in [0.25, 0.3) is 5.91 Å². The summed E-state index contributed by atoms with van der Waals surface area (Å²) >= 11 is 6.05. The Bertz CT molecular complexity index is 1490. The number of hydrogen-bond donors (Lipinski definition) is 6.